The van der Waals surface area contributed by atoms with Crippen molar-refractivity contribution in [1.82, 2.24) is 5.32 Å². The van der Waals surface area contributed by atoms with E-state index in [0.717, 1.165) is 0 Å². The number of anilines is 1. The fourth-order valence-corrected chi connectivity index (χ4v) is 2.14. The first-order chi connectivity index (χ1) is 8.50. The fraction of sp³-hybridized carbons (Fsp3) is 0.500. The molecular formula is C12H14F4N2. The Kier molecular flexibility index (Phi) is 3.75. The molecule has 1 atom stereocenters. The van der Waals surface area contributed by atoms with Crippen molar-refractivity contribution in [2.45, 2.75) is 6.92 Å². The van der Waals surface area contributed by atoms with Crippen molar-refractivity contribution in [3.8, 4) is 0 Å². The molecule has 0 aliphatic carbocycles. The molecule has 0 saturated carbocycles. The van der Waals surface area contributed by atoms with E-state index in [1.807, 2.05) is 6.92 Å². The zero-order valence-electron chi connectivity index (χ0n) is 9.94. The van der Waals surface area contributed by atoms with E-state index in [1.54, 1.807) is 0 Å². The molecule has 18 heavy (non-hydrogen) atoms. The van der Waals surface area contributed by atoms with Gasteiger partial charge in [0.05, 0.1) is 0 Å². The van der Waals surface area contributed by atoms with Crippen LogP contribution in [0.1, 0.15) is 6.92 Å². The fourth-order valence-electron chi connectivity index (χ4n) is 2.14. The van der Waals surface area contributed by atoms with Gasteiger partial charge >= 0.3 is 0 Å². The maximum absolute atomic E-state index is 13.6. The van der Waals surface area contributed by atoms with Crippen LogP contribution in [0.15, 0.2) is 6.07 Å². The van der Waals surface area contributed by atoms with Crippen molar-refractivity contribution in [1.29, 1.82) is 0 Å². The third-order valence-electron chi connectivity index (χ3n) is 2.99. The minimum absolute atomic E-state index is 0.137. The Bertz CT molecular complexity index is 424. The van der Waals surface area contributed by atoms with Crippen LogP contribution in [0.3, 0.4) is 0 Å². The van der Waals surface area contributed by atoms with E-state index in [1.165, 1.54) is 4.90 Å². The monoisotopic (exact) mass is 262 g/mol. The van der Waals surface area contributed by atoms with Gasteiger partial charge in [-0.2, -0.15) is 0 Å². The number of nitrogens with one attached hydrogen (secondary N) is 1. The van der Waals surface area contributed by atoms with Crippen molar-refractivity contribution in [2.24, 2.45) is 5.92 Å². The summed E-state index contributed by atoms with van der Waals surface area (Å²) in [5.41, 5.74) is -0.608. The molecule has 1 aromatic rings. The zero-order valence-corrected chi connectivity index (χ0v) is 9.94. The van der Waals surface area contributed by atoms with Gasteiger partial charge in [-0.25, -0.2) is 17.6 Å². The summed E-state index contributed by atoms with van der Waals surface area (Å²) < 4.78 is 53.6. The van der Waals surface area contributed by atoms with Crippen LogP contribution in [0.2, 0.25) is 0 Å². The molecule has 1 aliphatic heterocycles. The molecule has 1 aliphatic rings. The van der Waals surface area contributed by atoms with Gasteiger partial charge in [0.1, 0.15) is 5.69 Å². The summed E-state index contributed by atoms with van der Waals surface area (Å²) in [4.78, 5) is 1.35. The molecule has 1 fully saturated rings. The van der Waals surface area contributed by atoms with E-state index in [9.17, 15) is 17.6 Å². The van der Waals surface area contributed by atoms with Gasteiger partial charge in [-0.15, -0.1) is 0 Å². The van der Waals surface area contributed by atoms with Crippen LogP contribution < -0.4 is 10.2 Å². The van der Waals surface area contributed by atoms with Gasteiger partial charge in [0.2, 0.25) is 0 Å². The maximum Gasteiger partial charge on any atom is 0.185 e. The number of hydrogen-bond donors (Lipinski definition) is 1. The highest BCUT2D eigenvalue weighted by Crippen LogP contribution is 2.28. The van der Waals surface area contributed by atoms with Gasteiger partial charge in [0.15, 0.2) is 23.3 Å². The summed E-state index contributed by atoms with van der Waals surface area (Å²) in [5.74, 6) is -5.26. The first kappa shape index (κ1) is 13.1. The highest BCUT2D eigenvalue weighted by atomic mass is 19.2. The Labute approximate surface area is 103 Å². The van der Waals surface area contributed by atoms with E-state index in [-0.39, 0.29) is 12.0 Å². The summed E-state index contributed by atoms with van der Waals surface area (Å²) in [7, 11) is 0. The minimum Gasteiger partial charge on any atom is -0.365 e. The Balaban J connectivity index is 2.42. The molecule has 2 nitrogen and oxygen atoms in total. The lowest BCUT2D eigenvalue weighted by Crippen LogP contribution is -2.31. The molecular weight excluding hydrogens is 248 g/mol. The molecule has 0 bridgehead atoms. The summed E-state index contributed by atoms with van der Waals surface area (Å²) >= 11 is 0. The van der Waals surface area contributed by atoms with Crippen LogP contribution in [0.4, 0.5) is 23.2 Å². The summed E-state index contributed by atoms with van der Waals surface area (Å²) in [5, 5.41) is 3.09. The minimum atomic E-state index is -1.37. The van der Waals surface area contributed by atoms with Crippen LogP contribution in [0.25, 0.3) is 0 Å². The molecule has 1 unspecified atom stereocenters. The Morgan fingerprint density at radius 2 is 1.78 bits per heavy atom. The SMILES string of the molecule is CC1CNCCN(c2c(F)c(F)cc(F)c2F)C1. The van der Waals surface area contributed by atoms with Crippen molar-refractivity contribution >= 4 is 5.69 Å². The second-order valence-electron chi connectivity index (χ2n) is 4.57. The maximum atomic E-state index is 13.6. The van der Waals surface area contributed by atoms with Crippen molar-refractivity contribution in [3.05, 3.63) is 29.3 Å². The largest absolute Gasteiger partial charge is 0.365 e. The summed E-state index contributed by atoms with van der Waals surface area (Å²) in [6.07, 6.45) is 0. The van der Waals surface area contributed by atoms with Crippen molar-refractivity contribution in [2.75, 3.05) is 31.1 Å². The van der Waals surface area contributed by atoms with Crippen molar-refractivity contribution in [3.63, 3.8) is 0 Å². The molecule has 1 N–H and O–H groups in total. The first-order valence-electron chi connectivity index (χ1n) is 5.79. The quantitative estimate of drug-likeness (QED) is 0.617. The lowest BCUT2D eigenvalue weighted by atomic mass is 10.1. The second kappa shape index (κ2) is 5.14. The van der Waals surface area contributed by atoms with Gasteiger partial charge in [-0.1, -0.05) is 6.92 Å². The molecule has 1 heterocycles. The van der Waals surface area contributed by atoms with E-state index < -0.39 is 29.0 Å². The first-order valence-corrected chi connectivity index (χ1v) is 5.79. The normalized spacial score (nSPS) is 20.9. The molecule has 1 saturated heterocycles. The Hall–Kier alpha value is -1.30. The summed E-state index contributed by atoms with van der Waals surface area (Å²) in [6, 6.07) is 0.230. The smallest absolute Gasteiger partial charge is 0.185 e. The lowest BCUT2D eigenvalue weighted by molar-refractivity contribution is 0.449. The predicted molar refractivity (Wildman–Crippen MR) is 60.5 cm³/mol. The third-order valence-corrected chi connectivity index (χ3v) is 2.99. The van der Waals surface area contributed by atoms with Gasteiger partial charge in [-0.05, 0) is 12.5 Å². The molecule has 100 valence electrons. The molecule has 0 amide bonds. The van der Waals surface area contributed by atoms with Crippen LogP contribution >= 0.6 is 0 Å². The number of halogens is 4. The van der Waals surface area contributed by atoms with Gasteiger partial charge in [0.25, 0.3) is 0 Å². The van der Waals surface area contributed by atoms with Crippen LogP contribution in [0, 0.1) is 29.2 Å². The Morgan fingerprint density at radius 3 is 2.39 bits per heavy atom. The molecule has 0 spiro atoms. The molecule has 6 heteroatoms. The molecule has 0 radical (unpaired) electrons. The highest BCUT2D eigenvalue weighted by Gasteiger charge is 2.25. The molecule has 0 aromatic heterocycles. The number of nitrogens with zero attached hydrogens (tertiary/aromatic N) is 1. The average molecular weight is 262 g/mol. The number of rotatable bonds is 1. The zero-order chi connectivity index (χ0) is 13.3. The number of hydrogen-bond acceptors (Lipinski definition) is 2. The van der Waals surface area contributed by atoms with Gasteiger partial charge in [-0.3, -0.25) is 0 Å². The van der Waals surface area contributed by atoms with Gasteiger partial charge in [0, 0.05) is 25.7 Å². The number of benzene rings is 1. The van der Waals surface area contributed by atoms with Crippen molar-refractivity contribution < 1.29 is 17.6 Å². The van der Waals surface area contributed by atoms with E-state index in [0.29, 0.717) is 26.2 Å². The van der Waals surface area contributed by atoms with E-state index >= 15 is 0 Å². The van der Waals surface area contributed by atoms with Crippen LogP contribution in [-0.4, -0.2) is 26.2 Å². The third kappa shape index (κ3) is 2.43. The second-order valence-corrected chi connectivity index (χ2v) is 4.57. The lowest BCUT2D eigenvalue weighted by Gasteiger charge is -2.25. The summed E-state index contributed by atoms with van der Waals surface area (Å²) in [6.45, 7) is 3.78. The molecule has 2 rings (SSSR count). The highest BCUT2D eigenvalue weighted by molar-refractivity contribution is 5.50. The van der Waals surface area contributed by atoms with Gasteiger partial charge < -0.3 is 10.2 Å². The van der Waals surface area contributed by atoms with E-state index in [4.69, 9.17) is 0 Å². The van der Waals surface area contributed by atoms with E-state index in [2.05, 4.69) is 5.32 Å². The van der Waals surface area contributed by atoms with Crippen LogP contribution in [0.5, 0.6) is 0 Å². The molecule has 1 aromatic carbocycles. The predicted octanol–water partition coefficient (Wildman–Crippen LogP) is 2.29. The van der Waals surface area contributed by atoms with Crippen LogP contribution in [-0.2, 0) is 0 Å². The Morgan fingerprint density at radius 1 is 1.17 bits per heavy atom. The topological polar surface area (TPSA) is 15.3 Å². The average Bonchev–Trinajstić information content (AvgIpc) is 2.52. The standard InChI is InChI=1S/C12H14F4N2/c1-7-5-17-2-3-18(6-7)12-10(15)8(13)4-9(14)11(12)16/h4,7,17H,2-3,5-6H2,1H3.